The second kappa shape index (κ2) is 9.49. The van der Waals surface area contributed by atoms with Crippen molar-refractivity contribution in [3.8, 4) is 28.5 Å². The number of aromatic nitrogens is 4. The summed E-state index contributed by atoms with van der Waals surface area (Å²) in [6.07, 6.45) is 1.68. The second-order valence-electron chi connectivity index (χ2n) is 8.08. The number of nitrogens with two attached hydrogens (primary N) is 1. The number of anilines is 3. The molecule has 0 radical (unpaired) electrons. The summed E-state index contributed by atoms with van der Waals surface area (Å²) in [7, 11) is 4.89. The third kappa shape index (κ3) is 4.42. The SMILES string of the molecule is COc1cccc(N2CCN(c3nc(N)nc4ncc(-c5ccc(OC)c(OC)c5)nc34)CC2)c1. The van der Waals surface area contributed by atoms with E-state index < -0.39 is 0 Å². The van der Waals surface area contributed by atoms with Crippen molar-refractivity contribution in [2.75, 3.05) is 63.0 Å². The zero-order valence-corrected chi connectivity index (χ0v) is 19.9. The molecule has 180 valence electrons. The van der Waals surface area contributed by atoms with E-state index in [2.05, 4.69) is 36.9 Å². The van der Waals surface area contributed by atoms with Gasteiger partial charge in [-0.15, -0.1) is 0 Å². The number of benzene rings is 2. The van der Waals surface area contributed by atoms with Crippen molar-refractivity contribution >= 4 is 28.6 Å². The van der Waals surface area contributed by atoms with E-state index in [0.29, 0.717) is 34.2 Å². The van der Waals surface area contributed by atoms with E-state index >= 15 is 0 Å². The molecule has 0 bridgehead atoms. The number of ether oxygens (including phenoxy) is 3. The Labute approximate surface area is 203 Å². The van der Waals surface area contributed by atoms with Crippen molar-refractivity contribution in [3.05, 3.63) is 48.7 Å². The van der Waals surface area contributed by atoms with Gasteiger partial charge in [-0.1, -0.05) is 6.07 Å². The molecule has 2 aromatic heterocycles. The van der Waals surface area contributed by atoms with Gasteiger partial charge in [0.05, 0.1) is 33.2 Å². The Morgan fingerprint density at radius 2 is 1.57 bits per heavy atom. The molecule has 0 spiro atoms. The zero-order valence-electron chi connectivity index (χ0n) is 19.9. The highest BCUT2D eigenvalue weighted by atomic mass is 16.5. The minimum absolute atomic E-state index is 0.177. The summed E-state index contributed by atoms with van der Waals surface area (Å²) in [5, 5.41) is 0. The number of hydrogen-bond donors (Lipinski definition) is 1. The molecule has 3 heterocycles. The van der Waals surface area contributed by atoms with Crippen LogP contribution in [0.25, 0.3) is 22.4 Å². The summed E-state index contributed by atoms with van der Waals surface area (Å²) >= 11 is 0. The average molecular weight is 474 g/mol. The maximum Gasteiger partial charge on any atom is 0.224 e. The minimum atomic E-state index is 0.177. The van der Waals surface area contributed by atoms with Crippen LogP contribution in [0.2, 0.25) is 0 Å². The molecule has 4 aromatic rings. The van der Waals surface area contributed by atoms with Crippen molar-refractivity contribution in [1.29, 1.82) is 0 Å². The summed E-state index contributed by atoms with van der Waals surface area (Å²) < 4.78 is 16.2. The van der Waals surface area contributed by atoms with Gasteiger partial charge in [0.25, 0.3) is 0 Å². The summed E-state index contributed by atoms with van der Waals surface area (Å²) in [4.78, 5) is 22.8. The van der Waals surface area contributed by atoms with Gasteiger partial charge < -0.3 is 29.7 Å². The predicted octanol–water partition coefficient (Wildman–Crippen LogP) is 3.02. The molecule has 2 N–H and O–H groups in total. The summed E-state index contributed by atoms with van der Waals surface area (Å²) in [5.41, 5.74) is 9.77. The molecule has 5 rings (SSSR count). The van der Waals surface area contributed by atoms with Gasteiger partial charge in [0.2, 0.25) is 5.95 Å². The van der Waals surface area contributed by atoms with Crippen molar-refractivity contribution in [2.24, 2.45) is 0 Å². The van der Waals surface area contributed by atoms with Gasteiger partial charge in [-0.25, -0.2) is 9.97 Å². The summed E-state index contributed by atoms with van der Waals surface area (Å²) in [6.45, 7) is 3.15. The fourth-order valence-electron chi connectivity index (χ4n) is 4.25. The molecule has 1 aliphatic heterocycles. The maximum atomic E-state index is 6.03. The third-order valence-electron chi connectivity index (χ3n) is 6.08. The van der Waals surface area contributed by atoms with Crippen molar-refractivity contribution in [3.63, 3.8) is 0 Å². The van der Waals surface area contributed by atoms with Crippen LogP contribution in [0.3, 0.4) is 0 Å². The predicted molar refractivity (Wildman–Crippen MR) is 136 cm³/mol. The molecule has 0 amide bonds. The van der Waals surface area contributed by atoms with E-state index in [9.17, 15) is 0 Å². The first kappa shape index (κ1) is 22.5. The fraction of sp³-hybridized carbons (Fsp3) is 0.280. The number of nitrogen functional groups attached to an aromatic ring is 1. The Hall–Kier alpha value is -4.34. The lowest BCUT2D eigenvalue weighted by molar-refractivity contribution is 0.355. The van der Waals surface area contributed by atoms with Gasteiger partial charge in [-0.05, 0) is 30.3 Å². The number of fused-ring (bicyclic) bond motifs is 1. The first-order valence-electron chi connectivity index (χ1n) is 11.3. The molecule has 35 heavy (non-hydrogen) atoms. The molecule has 0 atom stereocenters. The van der Waals surface area contributed by atoms with Crippen molar-refractivity contribution < 1.29 is 14.2 Å². The molecule has 0 unspecified atom stereocenters. The van der Waals surface area contributed by atoms with Gasteiger partial charge >= 0.3 is 0 Å². The maximum absolute atomic E-state index is 6.03. The molecule has 0 saturated carbocycles. The molecule has 1 saturated heterocycles. The third-order valence-corrected chi connectivity index (χ3v) is 6.08. The fourth-order valence-corrected chi connectivity index (χ4v) is 4.25. The van der Waals surface area contributed by atoms with Crippen LogP contribution in [0, 0.1) is 0 Å². The average Bonchev–Trinajstić information content (AvgIpc) is 2.92. The van der Waals surface area contributed by atoms with Crippen LogP contribution in [0.4, 0.5) is 17.5 Å². The quantitative estimate of drug-likeness (QED) is 0.448. The summed E-state index contributed by atoms with van der Waals surface area (Å²) in [5.74, 6) is 2.98. The van der Waals surface area contributed by atoms with E-state index in [1.54, 1.807) is 27.5 Å². The van der Waals surface area contributed by atoms with Crippen LogP contribution < -0.4 is 29.7 Å². The highest BCUT2D eigenvalue weighted by Crippen LogP contribution is 2.33. The lowest BCUT2D eigenvalue weighted by Gasteiger charge is -2.37. The van der Waals surface area contributed by atoms with Crippen LogP contribution in [0.1, 0.15) is 0 Å². The molecule has 1 fully saturated rings. The molecule has 10 heteroatoms. The normalized spacial score (nSPS) is 13.7. The molecular formula is C25H27N7O3. The Morgan fingerprint density at radius 1 is 0.800 bits per heavy atom. The number of methoxy groups -OCH3 is 3. The Bertz CT molecular complexity index is 1360. The van der Waals surface area contributed by atoms with Crippen molar-refractivity contribution in [1.82, 2.24) is 19.9 Å². The van der Waals surface area contributed by atoms with Crippen LogP contribution in [-0.2, 0) is 0 Å². The highest BCUT2D eigenvalue weighted by molar-refractivity contribution is 5.86. The largest absolute Gasteiger partial charge is 0.497 e. The standard InChI is InChI=1S/C25H27N7O3/c1-33-18-6-4-5-17(14-18)31-9-11-32(12-10-31)24-22-23(29-25(26)30-24)27-15-19(28-22)16-7-8-20(34-2)21(13-16)35-3/h4-8,13-15H,9-12H2,1-3H3,(H2,26,27,29,30). The number of hydrogen-bond acceptors (Lipinski definition) is 10. The Kier molecular flexibility index (Phi) is 6.09. The van der Waals surface area contributed by atoms with E-state index in [4.69, 9.17) is 24.9 Å². The Morgan fingerprint density at radius 3 is 2.31 bits per heavy atom. The van der Waals surface area contributed by atoms with Gasteiger partial charge in [0.1, 0.15) is 5.75 Å². The van der Waals surface area contributed by atoms with Gasteiger partial charge in [0.15, 0.2) is 28.5 Å². The molecular weight excluding hydrogens is 446 g/mol. The van der Waals surface area contributed by atoms with E-state index in [1.807, 2.05) is 30.3 Å². The summed E-state index contributed by atoms with van der Waals surface area (Å²) in [6, 6.07) is 13.7. The molecule has 2 aromatic carbocycles. The lowest BCUT2D eigenvalue weighted by atomic mass is 10.1. The van der Waals surface area contributed by atoms with Crippen molar-refractivity contribution in [2.45, 2.75) is 0 Å². The second-order valence-corrected chi connectivity index (χ2v) is 8.08. The van der Waals surface area contributed by atoms with Crippen LogP contribution >= 0.6 is 0 Å². The first-order valence-corrected chi connectivity index (χ1v) is 11.3. The lowest BCUT2D eigenvalue weighted by Crippen LogP contribution is -2.47. The van der Waals surface area contributed by atoms with Gasteiger partial charge in [-0.3, -0.25) is 0 Å². The van der Waals surface area contributed by atoms with Crippen LogP contribution in [0.5, 0.6) is 17.2 Å². The van der Waals surface area contributed by atoms with Crippen LogP contribution in [-0.4, -0.2) is 67.4 Å². The van der Waals surface area contributed by atoms with Crippen LogP contribution in [0.15, 0.2) is 48.7 Å². The molecule has 0 aliphatic carbocycles. The van der Waals surface area contributed by atoms with Gasteiger partial charge in [0, 0.05) is 43.5 Å². The van der Waals surface area contributed by atoms with Gasteiger partial charge in [-0.2, -0.15) is 9.97 Å². The molecule has 1 aliphatic rings. The first-order chi connectivity index (χ1) is 17.1. The monoisotopic (exact) mass is 473 g/mol. The smallest absolute Gasteiger partial charge is 0.224 e. The number of nitrogens with zero attached hydrogens (tertiary/aromatic N) is 6. The number of rotatable bonds is 6. The highest BCUT2D eigenvalue weighted by Gasteiger charge is 2.23. The zero-order chi connectivity index (χ0) is 24.4. The van der Waals surface area contributed by atoms with E-state index in [1.165, 1.54) is 0 Å². The number of piperazine rings is 1. The molecule has 10 nitrogen and oxygen atoms in total. The van der Waals surface area contributed by atoms with E-state index in [-0.39, 0.29) is 5.95 Å². The van der Waals surface area contributed by atoms with E-state index in [0.717, 1.165) is 43.2 Å². The topological polar surface area (TPSA) is 112 Å². The Balaban J connectivity index is 1.45. The minimum Gasteiger partial charge on any atom is -0.497 e.